The molecule has 0 bridgehead atoms. The summed E-state index contributed by atoms with van der Waals surface area (Å²) in [6, 6.07) is 9.45. The maximum absolute atomic E-state index is 12.5. The van der Waals surface area contributed by atoms with Gasteiger partial charge in [0.05, 0.1) is 0 Å². The summed E-state index contributed by atoms with van der Waals surface area (Å²) in [6.07, 6.45) is 6.33. The molecule has 142 valence electrons. The lowest BCUT2D eigenvalue weighted by atomic mass is 9.93. The fourth-order valence-corrected chi connectivity index (χ4v) is 3.97. The van der Waals surface area contributed by atoms with Crippen LogP contribution in [0.5, 0.6) is 0 Å². The van der Waals surface area contributed by atoms with Crippen LogP contribution in [-0.4, -0.2) is 60.9 Å². The Balaban J connectivity index is 1.33. The van der Waals surface area contributed by atoms with Gasteiger partial charge in [-0.25, -0.2) is 0 Å². The predicted octanol–water partition coefficient (Wildman–Crippen LogP) is 2.53. The number of piperidine rings is 2. The number of benzene rings is 1. The Morgan fingerprint density at radius 3 is 2.35 bits per heavy atom. The Morgan fingerprint density at radius 2 is 1.65 bits per heavy atom. The molecule has 2 fully saturated rings. The van der Waals surface area contributed by atoms with E-state index < -0.39 is 0 Å². The second-order valence-corrected chi connectivity index (χ2v) is 7.56. The molecule has 3 rings (SSSR count). The molecule has 0 atom stereocenters. The topological polar surface area (TPSA) is 52.7 Å². The average molecular weight is 357 g/mol. The zero-order valence-electron chi connectivity index (χ0n) is 15.7. The van der Waals surface area contributed by atoms with Gasteiger partial charge in [0.2, 0.25) is 5.91 Å². The minimum absolute atomic E-state index is 0.107. The molecule has 26 heavy (non-hydrogen) atoms. The first kappa shape index (κ1) is 18.9. The number of likely N-dealkylation sites (tertiary alicyclic amines) is 2. The highest BCUT2D eigenvalue weighted by atomic mass is 16.2. The van der Waals surface area contributed by atoms with E-state index in [-0.39, 0.29) is 11.8 Å². The van der Waals surface area contributed by atoms with Crippen molar-refractivity contribution in [2.75, 3.05) is 39.3 Å². The van der Waals surface area contributed by atoms with Crippen LogP contribution in [0.25, 0.3) is 0 Å². The summed E-state index contributed by atoms with van der Waals surface area (Å²) in [4.78, 5) is 29.0. The van der Waals surface area contributed by atoms with Gasteiger partial charge < -0.3 is 15.1 Å². The highest BCUT2D eigenvalue weighted by Gasteiger charge is 2.25. The third-order valence-corrected chi connectivity index (χ3v) is 5.60. The van der Waals surface area contributed by atoms with E-state index in [1.165, 1.54) is 32.4 Å². The second-order valence-electron chi connectivity index (χ2n) is 7.56. The molecule has 2 aliphatic heterocycles. The average Bonchev–Trinajstić information content (AvgIpc) is 2.69. The van der Waals surface area contributed by atoms with Gasteiger partial charge in [0.1, 0.15) is 0 Å². The van der Waals surface area contributed by atoms with Crippen molar-refractivity contribution in [2.24, 2.45) is 5.92 Å². The Bertz CT molecular complexity index is 576. The molecular weight excluding hydrogens is 326 g/mol. The molecule has 2 saturated heterocycles. The van der Waals surface area contributed by atoms with Crippen molar-refractivity contribution in [2.45, 2.75) is 38.5 Å². The maximum Gasteiger partial charge on any atom is 0.253 e. The van der Waals surface area contributed by atoms with Crippen LogP contribution in [-0.2, 0) is 4.79 Å². The molecule has 2 heterocycles. The third-order valence-electron chi connectivity index (χ3n) is 5.60. The van der Waals surface area contributed by atoms with Crippen molar-refractivity contribution in [1.82, 2.24) is 15.1 Å². The first-order valence-electron chi connectivity index (χ1n) is 10.1. The minimum atomic E-state index is 0.107. The van der Waals surface area contributed by atoms with E-state index in [1.54, 1.807) is 0 Å². The molecule has 5 heteroatoms. The van der Waals surface area contributed by atoms with Crippen molar-refractivity contribution < 1.29 is 9.59 Å². The zero-order chi connectivity index (χ0) is 18.2. The monoisotopic (exact) mass is 357 g/mol. The SMILES string of the molecule is O=C(CC1CCN(C(=O)c2ccccc2)CC1)NCCN1CCCCC1. The lowest BCUT2D eigenvalue weighted by Gasteiger charge is -2.32. The molecule has 1 N–H and O–H groups in total. The second kappa shape index (κ2) is 9.72. The van der Waals surface area contributed by atoms with Gasteiger partial charge in [-0.3, -0.25) is 9.59 Å². The number of carbonyl (C=O) groups excluding carboxylic acids is 2. The van der Waals surface area contributed by atoms with E-state index >= 15 is 0 Å². The summed E-state index contributed by atoms with van der Waals surface area (Å²) in [5.41, 5.74) is 0.751. The quantitative estimate of drug-likeness (QED) is 0.851. The fourth-order valence-electron chi connectivity index (χ4n) is 3.97. The smallest absolute Gasteiger partial charge is 0.253 e. The van der Waals surface area contributed by atoms with E-state index in [4.69, 9.17) is 0 Å². The summed E-state index contributed by atoms with van der Waals surface area (Å²) in [7, 11) is 0. The number of carbonyl (C=O) groups is 2. The Kier molecular flexibility index (Phi) is 7.06. The van der Waals surface area contributed by atoms with Crippen molar-refractivity contribution in [3.63, 3.8) is 0 Å². The maximum atomic E-state index is 12.5. The number of hydrogen-bond donors (Lipinski definition) is 1. The molecule has 0 aliphatic carbocycles. The van der Waals surface area contributed by atoms with Gasteiger partial charge in [-0.2, -0.15) is 0 Å². The van der Waals surface area contributed by atoms with Crippen molar-refractivity contribution in [1.29, 1.82) is 0 Å². The Morgan fingerprint density at radius 1 is 0.962 bits per heavy atom. The molecular formula is C21H31N3O2. The lowest BCUT2D eigenvalue weighted by Crippen LogP contribution is -2.41. The summed E-state index contributed by atoms with van der Waals surface area (Å²) in [5, 5.41) is 3.08. The zero-order valence-corrected chi connectivity index (χ0v) is 15.7. The first-order valence-corrected chi connectivity index (χ1v) is 10.1. The van der Waals surface area contributed by atoms with Crippen molar-refractivity contribution >= 4 is 11.8 Å². The highest BCUT2D eigenvalue weighted by molar-refractivity contribution is 5.94. The van der Waals surface area contributed by atoms with Gasteiger partial charge in [0.15, 0.2) is 0 Å². The van der Waals surface area contributed by atoms with E-state index in [2.05, 4.69) is 10.2 Å². The molecule has 1 aromatic carbocycles. The predicted molar refractivity (Wildman–Crippen MR) is 103 cm³/mol. The fraction of sp³-hybridized carbons (Fsp3) is 0.619. The van der Waals surface area contributed by atoms with Crippen LogP contribution in [0.4, 0.5) is 0 Å². The summed E-state index contributed by atoms with van der Waals surface area (Å²) in [5.74, 6) is 0.662. The summed E-state index contributed by atoms with van der Waals surface area (Å²) in [6.45, 7) is 5.56. The number of amides is 2. The van der Waals surface area contributed by atoms with Gasteiger partial charge in [-0.15, -0.1) is 0 Å². The van der Waals surface area contributed by atoms with Crippen LogP contribution in [0.1, 0.15) is 48.9 Å². The molecule has 2 amide bonds. The number of nitrogens with one attached hydrogen (secondary N) is 1. The van der Waals surface area contributed by atoms with Gasteiger partial charge in [-0.05, 0) is 56.8 Å². The molecule has 0 radical (unpaired) electrons. The van der Waals surface area contributed by atoms with E-state index in [9.17, 15) is 9.59 Å². The Hall–Kier alpha value is -1.88. The summed E-state index contributed by atoms with van der Waals surface area (Å²) < 4.78 is 0. The standard InChI is InChI=1S/C21H31N3O2/c25-20(22-11-16-23-12-5-2-6-13-23)17-18-9-14-24(15-10-18)21(26)19-7-3-1-4-8-19/h1,3-4,7-8,18H,2,5-6,9-17H2,(H,22,25). The molecule has 0 spiro atoms. The van der Waals surface area contributed by atoms with Crippen LogP contribution < -0.4 is 5.32 Å². The molecule has 0 unspecified atom stereocenters. The normalized spacial score (nSPS) is 19.3. The molecule has 1 aromatic rings. The minimum Gasteiger partial charge on any atom is -0.355 e. The van der Waals surface area contributed by atoms with Gasteiger partial charge >= 0.3 is 0 Å². The van der Waals surface area contributed by atoms with E-state index in [0.717, 1.165) is 44.6 Å². The first-order chi connectivity index (χ1) is 12.7. The molecule has 5 nitrogen and oxygen atoms in total. The lowest BCUT2D eigenvalue weighted by molar-refractivity contribution is -0.122. The highest BCUT2D eigenvalue weighted by Crippen LogP contribution is 2.21. The van der Waals surface area contributed by atoms with Gasteiger partial charge in [0.25, 0.3) is 5.91 Å². The third kappa shape index (κ3) is 5.56. The van der Waals surface area contributed by atoms with E-state index in [1.807, 2.05) is 35.2 Å². The van der Waals surface area contributed by atoms with Gasteiger partial charge in [0, 0.05) is 38.2 Å². The van der Waals surface area contributed by atoms with Crippen LogP contribution in [0.2, 0.25) is 0 Å². The number of nitrogens with zero attached hydrogens (tertiary/aromatic N) is 2. The van der Waals surface area contributed by atoms with Crippen LogP contribution >= 0.6 is 0 Å². The largest absolute Gasteiger partial charge is 0.355 e. The Labute approximate surface area is 156 Å². The summed E-state index contributed by atoms with van der Waals surface area (Å²) >= 11 is 0. The van der Waals surface area contributed by atoms with Crippen LogP contribution in [0.15, 0.2) is 30.3 Å². The molecule has 2 aliphatic rings. The van der Waals surface area contributed by atoms with Crippen molar-refractivity contribution in [3.8, 4) is 0 Å². The molecule has 0 saturated carbocycles. The van der Waals surface area contributed by atoms with Crippen LogP contribution in [0, 0.1) is 5.92 Å². The van der Waals surface area contributed by atoms with E-state index in [0.29, 0.717) is 12.3 Å². The van der Waals surface area contributed by atoms with Gasteiger partial charge in [-0.1, -0.05) is 24.6 Å². The number of rotatable bonds is 6. The van der Waals surface area contributed by atoms with Crippen LogP contribution in [0.3, 0.4) is 0 Å². The molecule has 0 aromatic heterocycles. The number of hydrogen-bond acceptors (Lipinski definition) is 3. The van der Waals surface area contributed by atoms with Crippen molar-refractivity contribution in [3.05, 3.63) is 35.9 Å².